The molecule has 0 radical (unpaired) electrons. The largest absolute Gasteiger partial charge is 0.481 e. The normalized spacial score (nSPS) is 13.2. The van der Waals surface area contributed by atoms with Crippen LogP contribution in [0.25, 0.3) is 0 Å². The second kappa shape index (κ2) is 8.12. The first-order valence-corrected chi connectivity index (χ1v) is 8.25. The van der Waals surface area contributed by atoms with Crippen molar-refractivity contribution in [3.05, 3.63) is 64.5 Å². The fourth-order valence-corrected chi connectivity index (χ4v) is 2.62. The minimum absolute atomic E-state index is 0.0852. The molecule has 5 heteroatoms. The Hall–Kier alpha value is -2.40. The van der Waals surface area contributed by atoms with E-state index in [2.05, 4.69) is 5.32 Å². The van der Waals surface area contributed by atoms with Gasteiger partial charge in [0.05, 0.1) is 12.6 Å². The lowest BCUT2D eigenvalue weighted by atomic mass is 10.0. The van der Waals surface area contributed by atoms with E-state index in [-0.39, 0.29) is 24.4 Å². The van der Waals surface area contributed by atoms with Crippen LogP contribution in [-0.2, 0) is 11.4 Å². The third kappa shape index (κ3) is 4.79. The molecule has 0 aliphatic heterocycles. The van der Waals surface area contributed by atoms with Crippen molar-refractivity contribution in [3.63, 3.8) is 0 Å². The predicted octanol–water partition coefficient (Wildman–Crippen LogP) is 3.58. The zero-order chi connectivity index (χ0) is 18.6. The third-order valence-corrected chi connectivity index (χ3v) is 4.08. The summed E-state index contributed by atoms with van der Waals surface area (Å²) < 4.78 is 19.4. The van der Waals surface area contributed by atoms with Crippen molar-refractivity contribution in [2.24, 2.45) is 0 Å². The van der Waals surface area contributed by atoms with Gasteiger partial charge in [-0.05, 0) is 62.1 Å². The van der Waals surface area contributed by atoms with Crippen molar-refractivity contribution in [2.75, 3.05) is 0 Å². The van der Waals surface area contributed by atoms with Gasteiger partial charge in [-0.3, -0.25) is 4.79 Å². The molecule has 2 unspecified atom stereocenters. The van der Waals surface area contributed by atoms with Gasteiger partial charge in [-0.1, -0.05) is 24.3 Å². The van der Waals surface area contributed by atoms with E-state index >= 15 is 0 Å². The Kier molecular flexibility index (Phi) is 6.15. The number of amides is 1. The molecule has 2 aromatic carbocycles. The Balaban J connectivity index is 2.02. The summed E-state index contributed by atoms with van der Waals surface area (Å²) >= 11 is 0. The molecule has 0 saturated carbocycles. The molecule has 0 saturated heterocycles. The van der Waals surface area contributed by atoms with Gasteiger partial charge in [-0.25, -0.2) is 4.39 Å². The lowest BCUT2D eigenvalue weighted by Gasteiger charge is -2.20. The maximum absolute atomic E-state index is 13.7. The van der Waals surface area contributed by atoms with Gasteiger partial charge >= 0.3 is 0 Å². The van der Waals surface area contributed by atoms with E-state index < -0.39 is 6.10 Å². The average Bonchev–Trinajstić information content (AvgIpc) is 2.59. The molecule has 2 aromatic rings. The summed E-state index contributed by atoms with van der Waals surface area (Å²) in [5.41, 5.74) is 2.68. The van der Waals surface area contributed by atoms with E-state index in [1.54, 1.807) is 57.2 Å². The number of carbonyl (C=O) groups is 1. The van der Waals surface area contributed by atoms with Crippen molar-refractivity contribution in [2.45, 2.75) is 46.4 Å². The number of ether oxygens (including phenoxy) is 1. The van der Waals surface area contributed by atoms with Crippen LogP contribution in [0.5, 0.6) is 5.75 Å². The van der Waals surface area contributed by atoms with Gasteiger partial charge in [-0.15, -0.1) is 0 Å². The minimum Gasteiger partial charge on any atom is -0.481 e. The second-order valence-corrected chi connectivity index (χ2v) is 6.26. The first-order chi connectivity index (χ1) is 11.8. The smallest absolute Gasteiger partial charge is 0.261 e. The fraction of sp³-hybridized carbons (Fsp3) is 0.350. The van der Waals surface area contributed by atoms with Crippen molar-refractivity contribution in [1.29, 1.82) is 0 Å². The van der Waals surface area contributed by atoms with Gasteiger partial charge < -0.3 is 15.2 Å². The van der Waals surface area contributed by atoms with Crippen molar-refractivity contribution in [1.82, 2.24) is 5.32 Å². The predicted molar refractivity (Wildman–Crippen MR) is 94.9 cm³/mol. The summed E-state index contributed by atoms with van der Waals surface area (Å²) in [4.78, 5) is 12.4. The first-order valence-electron chi connectivity index (χ1n) is 8.25. The molecular formula is C20H24FNO3. The molecule has 4 nitrogen and oxygen atoms in total. The van der Waals surface area contributed by atoms with E-state index in [0.29, 0.717) is 16.9 Å². The quantitative estimate of drug-likeness (QED) is 0.841. The maximum Gasteiger partial charge on any atom is 0.261 e. The Morgan fingerprint density at radius 2 is 1.84 bits per heavy atom. The summed E-state index contributed by atoms with van der Waals surface area (Å²) in [7, 11) is 0. The van der Waals surface area contributed by atoms with Crippen molar-refractivity contribution in [3.8, 4) is 5.75 Å². The van der Waals surface area contributed by atoms with Gasteiger partial charge in [0, 0.05) is 0 Å². The van der Waals surface area contributed by atoms with Crippen LogP contribution in [0.2, 0.25) is 0 Å². The summed E-state index contributed by atoms with van der Waals surface area (Å²) in [6.45, 7) is 6.84. The Labute approximate surface area is 147 Å². The summed E-state index contributed by atoms with van der Waals surface area (Å²) in [5, 5.41) is 12.0. The van der Waals surface area contributed by atoms with E-state index in [9.17, 15) is 9.18 Å². The monoisotopic (exact) mass is 345 g/mol. The molecule has 0 spiro atoms. The maximum atomic E-state index is 13.7. The average molecular weight is 345 g/mol. The molecule has 0 fully saturated rings. The Bertz CT molecular complexity index is 737. The van der Waals surface area contributed by atoms with Crippen LogP contribution in [0.3, 0.4) is 0 Å². The molecule has 0 aliphatic carbocycles. The topological polar surface area (TPSA) is 58.6 Å². The fourth-order valence-electron chi connectivity index (χ4n) is 2.62. The Morgan fingerprint density at radius 3 is 2.44 bits per heavy atom. The molecule has 134 valence electrons. The van der Waals surface area contributed by atoms with Crippen LogP contribution in [0.15, 0.2) is 36.4 Å². The highest BCUT2D eigenvalue weighted by molar-refractivity contribution is 5.81. The number of benzene rings is 2. The van der Waals surface area contributed by atoms with Gasteiger partial charge in [0.25, 0.3) is 5.91 Å². The number of nitrogens with one attached hydrogen (secondary N) is 1. The number of aliphatic hydroxyl groups excluding tert-OH is 1. The van der Waals surface area contributed by atoms with E-state index in [1.807, 2.05) is 6.92 Å². The number of rotatable bonds is 6. The molecule has 0 bridgehead atoms. The summed E-state index contributed by atoms with van der Waals surface area (Å²) in [5.74, 6) is 0.0413. The van der Waals surface area contributed by atoms with Gasteiger partial charge in [0.15, 0.2) is 6.10 Å². The zero-order valence-electron chi connectivity index (χ0n) is 15.0. The molecule has 25 heavy (non-hydrogen) atoms. The molecule has 2 atom stereocenters. The molecule has 0 aliphatic rings. The van der Waals surface area contributed by atoms with E-state index in [1.165, 1.54) is 0 Å². The van der Waals surface area contributed by atoms with Crippen LogP contribution in [0, 0.1) is 19.7 Å². The summed E-state index contributed by atoms with van der Waals surface area (Å²) in [6.07, 6.45) is -0.695. The van der Waals surface area contributed by atoms with Crippen LogP contribution in [0.1, 0.15) is 42.1 Å². The Morgan fingerprint density at radius 1 is 1.20 bits per heavy atom. The number of carbonyl (C=O) groups excluding carboxylic acids is 1. The lowest BCUT2D eigenvalue weighted by Crippen LogP contribution is -2.37. The van der Waals surface area contributed by atoms with Gasteiger partial charge in [0.1, 0.15) is 11.6 Å². The lowest BCUT2D eigenvalue weighted by molar-refractivity contribution is -0.127. The molecular weight excluding hydrogens is 321 g/mol. The number of halogens is 1. The SMILES string of the molecule is Cc1cc(C(C)NC(=O)C(C)Oc2cccc(CO)c2)cc(C)c1F. The number of aliphatic hydroxyl groups is 1. The standard InChI is InChI=1S/C20H24FNO3/c1-12-8-17(9-13(2)19(12)21)14(3)22-20(24)15(4)25-18-7-5-6-16(10-18)11-23/h5-10,14-15,23H,11H2,1-4H3,(H,22,24). The highest BCUT2D eigenvalue weighted by atomic mass is 19.1. The van der Waals surface area contributed by atoms with E-state index in [4.69, 9.17) is 9.84 Å². The highest BCUT2D eigenvalue weighted by Gasteiger charge is 2.19. The molecule has 2 rings (SSSR count). The molecule has 0 heterocycles. The molecule has 0 aromatic heterocycles. The molecule has 1 amide bonds. The van der Waals surface area contributed by atoms with Crippen LogP contribution >= 0.6 is 0 Å². The number of hydrogen-bond acceptors (Lipinski definition) is 3. The van der Waals surface area contributed by atoms with Crippen molar-refractivity contribution < 1.29 is 19.0 Å². The van der Waals surface area contributed by atoms with Crippen LogP contribution in [-0.4, -0.2) is 17.1 Å². The zero-order valence-corrected chi connectivity index (χ0v) is 15.0. The van der Waals surface area contributed by atoms with Crippen LogP contribution in [0.4, 0.5) is 4.39 Å². The third-order valence-electron chi connectivity index (χ3n) is 4.08. The first kappa shape index (κ1) is 18.9. The summed E-state index contributed by atoms with van der Waals surface area (Å²) in [6, 6.07) is 10.2. The second-order valence-electron chi connectivity index (χ2n) is 6.26. The highest BCUT2D eigenvalue weighted by Crippen LogP contribution is 2.20. The van der Waals surface area contributed by atoms with Crippen molar-refractivity contribution >= 4 is 5.91 Å². The van der Waals surface area contributed by atoms with Gasteiger partial charge in [0.2, 0.25) is 0 Å². The van der Waals surface area contributed by atoms with E-state index in [0.717, 1.165) is 11.1 Å². The minimum atomic E-state index is -0.695. The van der Waals surface area contributed by atoms with Gasteiger partial charge in [-0.2, -0.15) is 0 Å². The number of hydrogen-bond donors (Lipinski definition) is 2. The van der Waals surface area contributed by atoms with Crippen LogP contribution < -0.4 is 10.1 Å². The molecule has 2 N–H and O–H groups in total. The number of aryl methyl sites for hydroxylation is 2.